The minimum absolute atomic E-state index is 0.0865. The molecule has 0 spiro atoms. The molecule has 2 rings (SSSR count). The molecule has 0 aliphatic heterocycles. The molecule has 0 fully saturated rings. The molecule has 2 amide bonds. The number of thiophene rings is 1. The molecule has 0 aliphatic carbocycles. The fourth-order valence-electron chi connectivity index (χ4n) is 2.07. The Morgan fingerprint density at radius 3 is 2.67 bits per heavy atom. The number of hydrogen-bond donors (Lipinski definition) is 2. The molecule has 0 saturated carbocycles. The summed E-state index contributed by atoms with van der Waals surface area (Å²) >= 11 is 13.2. The zero-order chi connectivity index (χ0) is 19.8. The summed E-state index contributed by atoms with van der Waals surface area (Å²) in [4.78, 5) is 35.7. The number of halogens is 2. The smallest absolute Gasteiger partial charge is 0.306 e. The summed E-state index contributed by atoms with van der Waals surface area (Å²) in [6.07, 6.45) is -0.486. The second kappa shape index (κ2) is 10.3. The number of ether oxygens (including phenoxy) is 1. The van der Waals surface area contributed by atoms with Gasteiger partial charge in [-0.05, 0) is 43.0 Å². The van der Waals surface area contributed by atoms with Crippen molar-refractivity contribution in [1.29, 1.82) is 0 Å². The summed E-state index contributed by atoms with van der Waals surface area (Å²) in [7, 11) is 0. The van der Waals surface area contributed by atoms with Gasteiger partial charge in [0.1, 0.15) is 0 Å². The molecule has 9 heteroatoms. The largest absolute Gasteiger partial charge is 0.453 e. The standard InChI is InChI=1S/C18H18Cl2N2O4S/c1-11(17(24)22-15-5-4-13(19)9-14(15)20)26-16(23)3-2-7-21-18(25)12-6-8-27-10-12/h4-6,8-11H,2-3,7H2,1H3,(H,21,25)(H,22,24). The highest BCUT2D eigenvalue weighted by Gasteiger charge is 2.18. The molecule has 1 atom stereocenters. The third kappa shape index (κ3) is 6.86. The van der Waals surface area contributed by atoms with E-state index in [0.29, 0.717) is 29.2 Å². The molecule has 1 heterocycles. The molecular formula is C18H18Cl2N2O4S. The average molecular weight is 429 g/mol. The monoisotopic (exact) mass is 428 g/mol. The van der Waals surface area contributed by atoms with Crippen molar-refractivity contribution in [2.24, 2.45) is 0 Å². The Morgan fingerprint density at radius 1 is 1.22 bits per heavy atom. The van der Waals surface area contributed by atoms with Crippen molar-refractivity contribution in [3.63, 3.8) is 0 Å². The summed E-state index contributed by atoms with van der Waals surface area (Å²) in [6.45, 7) is 1.81. The quantitative estimate of drug-likeness (QED) is 0.488. The second-order valence-corrected chi connectivity index (χ2v) is 7.24. The summed E-state index contributed by atoms with van der Waals surface area (Å²) in [5.41, 5.74) is 0.971. The van der Waals surface area contributed by atoms with Crippen LogP contribution in [0.1, 0.15) is 30.1 Å². The highest BCUT2D eigenvalue weighted by Crippen LogP contribution is 2.25. The van der Waals surface area contributed by atoms with Gasteiger partial charge in [-0.15, -0.1) is 0 Å². The number of esters is 1. The van der Waals surface area contributed by atoms with Crippen LogP contribution in [0.3, 0.4) is 0 Å². The fraction of sp³-hybridized carbons (Fsp3) is 0.278. The minimum atomic E-state index is -0.982. The summed E-state index contributed by atoms with van der Waals surface area (Å²) in [6, 6.07) is 6.37. The van der Waals surface area contributed by atoms with Crippen LogP contribution in [0, 0.1) is 0 Å². The number of anilines is 1. The molecule has 0 radical (unpaired) electrons. The predicted octanol–water partition coefficient (Wildman–Crippen LogP) is 4.14. The molecule has 1 aromatic heterocycles. The first kappa shape index (κ1) is 21.2. The first-order chi connectivity index (χ1) is 12.9. The Labute approximate surface area is 170 Å². The molecule has 1 unspecified atom stereocenters. The summed E-state index contributed by atoms with van der Waals surface area (Å²) in [5.74, 6) is -1.21. The lowest BCUT2D eigenvalue weighted by Crippen LogP contribution is -2.30. The van der Waals surface area contributed by atoms with E-state index < -0.39 is 18.0 Å². The first-order valence-corrected chi connectivity index (χ1v) is 9.82. The zero-order valence-electron chi connectivity index (χ0n) is 14.5. The van der Waals surface area contributed by atoms with Gasteiger partial charge in [-0.3, -0.25) is 14.4 Å². The Kier molecular flexibility index (Phi) is 8.09. The van der Waals surface area contributed by atoms with Gasteiger partial charge in [-0.25, -0.2) is 0 Å². The Hall–Kier alpha value is -2.09. The van der Waals surface area contributed by atoms with E-state index in [1.54, 1.807) is 23.6 Å². The summed E-state index contributed by atoms with van der Waals surface area (Å²) in [5, 5.41) is 9.59. The van der Waals surface area contributed by atoms with E-state index in [0.717, 1.165) is 0 Å². The van der Waals surface area contributed by atoms with Crippen LogP contribution in [0.25, 0.3) is 0 Å². The van der Waals surface area contributed by atoms with E-state index in [9.17, 15) is 14.4 Å². The van der Waals surface area contributed by atoms with Crippen LogP contribution in [0.5, 0.6) is 0 Å². The van der Waals surface area contributed by atoms with E-state index in [1.165, 1.54) is 24.3 Å². The second-order valence-electron chi connectivity index (χ2n) is 5.62. The normalized spacial score (nSPS) is 11.5. The number of nitrogens with one attached hydrogen (secondary N) is 2. The number of hydrogen-bond acceptors (Lipinski definition) is 5. The van der Waals surface area contributed by atoms with Crippen molar-refractivity contribution in [2.45, 2.75) is 25.9 Å². The van der Waals surface area contributed by atoms with Crippen molar-refractivity contribution in [3.8, 4) is 0 Å². The molecule has 0 aliphatic rings. The van der Waals surface area contributed by atoms with E-state index in [2.05, 4.69) is 10.6 Å². The van der Waals surface area contributed by atoms with E-state index >= 15 is 0 Å². The molecular weight excluding hydrogens is 411 g/mol. The first-order valence-electron chi connectivity index (χ1n) is 8.12. The molecule has 6 nitrogen and oxygen atoms in total. The van der Waals surface area contributed by atoms with E-state index in [4.69, 9.17) is 27.9 Å². The maximum atomic E-state index is 12.1. The van der Waals surface area contributed by atoms with Crippen LogP contribution in [0.15, 0.2) is 35.0 Å². The van der Waals surface area contributed by atoms with Crippen LogP contribution in [-0.4, -0.2) is 30.4 Å². The van der Waals surface area contributed by atoms with Crippen LogP contribution in [-0.2, 0) is 14.3 Å². The maximum absolute atomic E-state index is 12.1. The lowest BCUT2D eigenvalue weighted by molar-refractivity contribution is -0.153. The topological polar surface area (TPSA) is 84.5 Å². The number of amides is 2. The predicted molar refractivity (Wildman–Crippen MR) is 107 cm³/mol. The Bertz CT molecular complexity index is 812. The van der Waals surface area contributed by atoms with Crippen molar-refractivity contribution < 1.29 is 19.1 Å². The lowest BCUT2D eigenvalue weighted by Gasteiger charge is -2.14. The zero-order valence-corrected chi connectivity index (χ0v) is 16.8. The maximum Gasteiger partial charge on any atom is 0.306 e. The minimum Gasteiger partial charge on any atom is -0.453 e. The summed E-state index contributed by atoms with van der Waals surface area (Å²) < 4.78 is 5.10. The average Bonchev–Trinajstić information content (AvgIpc) is 3.15. The molecule has 0 bridgehead atoms. The van der Waals surface area contributed by atoms with E-state index in [1.807, 2.05) is 5.38 Å². The molecule has 1 aromatic carbocycles. The van der Waals surface area contributed by atoms with E-state index in [-0.39, 0.29) is 17.4 Å². The van der Waals surface area contributed by atoms with Crippen molar-refractivity contribution in [1.82, 2.24) is 5.32 Å². The van der Waals surface area contributed by atoms with Gasteiger partial charge in [-0.2, -0.15) is 11.3 Å². The van der Waals surface area contributed by atoms with Crippen molar-refractivity contribution in [3.05, 3.63) is 50.6 Å². The van der Waals surface area contributed by atoms with Gasteiger partial charge in [0, 0.05) is 28.9 Å². The highest BCUT2D eigenvalue weighted by molar-refractivity contribution is 7.08. The fourth-order valence-corrected chi connectivity index (χ4v) is 3.16. The molecule has 0 saturated heterocycles. The van der Waals surface area contributed by atoms with Gasteiger partial charge >= 0.3 is 5.97 Å². The highest BCUT2D eigenvalue weighted by atomic mass is 35.5. The van der Waals surface area contributed by atoms with Crippen molar-refractivity contribution >= 4 is 58.0 Å². The third-order valence-corrected chi connectivity index (χ3v) is 4.72. The van der Waals surface area contributed by atoms with Gasteiger partial charge in [-0.1, -0.05) is 23.2 Å². The van der Waals surface area contributed by atoms with Gasteiger partial charge in [0.2, 0.25) is 0 Å². The van der Waals surface area contributed by atoms with Crippen LogP contribution < -0.4 is 10.6 Å². The van der Waals surface area contributed by atoms with Crippen LogP contribution in [0.2, 0.25) is 10.0 Å². The number of rotatable bonds is 8. The van der Waals surface area contributed by atoms with Crippen LogP contribution >= 0.6 is 34.5 Å². The van der Waals surface area contributed by atoms with Crippen LogP contribution in [0.4, 0.5) is 5.69 Å². The van der Waals surface area contributed by atoms with Gasteiger partial charge in [0.25, 0.3) is 11.8 Å². The SMILES string of the molecule is CC(OC(=O)CCCNC(=O)c1ccsc1)C(=O)Nc1ccc(Cl)cc1Cl. The number of carbonyl (C=O) groups excluding carboxylic acids is 3. The number of carbonyl (C=O) groups is 3. The van der Waals surface area contributed by atoms with Gasteiger partial charge < -0.3 is 15.4 Å². The van der Waals surface area contributed by atoms with Gasteiger partial charge in [0.05, 0.1) is 10.7 Å². The number of benzene rings is 1. The van der Waals surface area contributed by atoms with Gasteiger partial charge in [0.15, 0.2) is 6.10 Å². The molecule has 2 N–H and O–H groups in total. The Balaban J connectivity index is 1.69. The third-order valence-electron chi connectivity index (χ3n) is 3.49. The lowest BCUT2D eigenvalue weighted by atomic mass is 10.2. The molecule has 144 valence electrons. The van der Waals surface area contributed by atoms with Crippen molar-refractivity contribution in [2.75, 3.05) is 11.9 Å². The Morgan fingerprint density at radius 2 is 2.00 bits per heavy atom. The molecule has 27 heavy (non-hydrogen) atoms. The molecule has 2 aromatic rings.